The summed E-state index contributed by atoms with van der Waals surface area (Å²) in [5.41, 5.74) is 1.01. The Morgan fingerprint density at radius 2 is 2.37 bits per heavy atom. The van der Waals surface area contributed by atoms with Gasteiger partial charge in [-0.3, -0.25) is 4.90 Å². The van der Waals surface area contributed by atoms with Crippen LogP contribution < -0.4 is 10.1 Å². The standard InChI is InChI=1S/C15H21FN2O/c1-17-9-13-3-2-6-18(13)10-14-8-11-7-12(16)4-5-15(11)19-14/h4-5,7,13-14,17H,2-3,6,8-10H2,1H3. The van der Waals surface area contributed by atoms with Crippen LogP contribution in [0.15, 0.2) is 18.2 Å². The highest BCUT2D eigenvalue weighted by atomic mass is 19.1. The van der Waals surface area contributed by atoms with Crippen molar-refractivity contribution in [2.24, 2.45) is 0 Å². The monoisotopic (exact) mass is 264 g/mol. The predicted octanol–water partition coefficient (Wildman–Crippen LogP) is 1.81. The molecule has 19 heavy (non-hydrogen) atoms. The number of benzene rings is 1. The third kappa shape index (κ3) is 2.74. The number of halogens is 1. The molecule has 0 aromatic heterocycles. The normalized spacial score (nSPS) is 26.4. The number of ether oxygens (including phenoxy) is 1. The van der Waals surface area contributed by atoms with Gasteiger partial charge in [-0.1, -0.05) is 0 Å². The van der Waals surface area contributed by atoms with Crippen LogP contribution in [-0.2, 0) is 6.42 Å². The predicted molar refractivity (Wildman–Crippen MR) is 73.0 cm³/mol. The lowest BCUT2D eigenvalue weighted by atomic mass is 10.1. The van der Waals surface area contributed by atoms with E-state index in [1.807, 2.05) is 7.05 Å². The second-order valence-corrected chi connectivity index (χ2v) is 5.54. The van der Waals surface area contributed by atoms with Crippen LogP contribution >= 0.6 is 0 Å². The van der Waals surface area contributed by atoms with Crippen molar-refractivity contribution in [3.05, 3.63) is 29.6 Å². The fourth-order valence-corrected chi connectivity index (χ4v) is 3.25. The molecule has 0 aliphatic carbocycles. The summed E-state index contributed by atoms with van der Waals surface area (Å²) in [6.07, 6.45) is 3.53. The molecule has 1 N–H and O–H groups in total. The summed E-state index contributed by atoms with van der Waals surface area (Å²) in [6.45, 7) is 3.13. The van der Waals surface area contributed by atoms with Crippen molar-refractivity contribution in [2.75, 3.05) is 26.7 Å². The van der Waals surface area contributed by atoms with Crippen molar-refractivity contribution in [1.82, 2.24) is 10.2 Å². The van der Waals surface area contributed by atoms with Gasteiger partial charge in [0.1, 0.15) is 17.7 Å². The Morgan fingerprint density at radius 1 is 1.47 bits per heavy atom. The maximum absolute atomic E-state index is 13.2. The van der Waals surface area contributed by atoms with E-state index in [1.165, 1.54) is 18.9 Å². The van der Waals surface area contributed by atoms with E-state index in [4.69, 9.17) is 4.74 Å². The van der Waals surface area contributed by atoms with Crippen LogP contribution in [0.4, 0.5) is 4.39 Å². The number of rotatable bonds is 4. The lowest BCUT2D eigenvalue weighted by molar-refractivity contribution is 0.141. The van der Waals surface area contributed by atoms with Gasteiger partial charge in [-0.2, -0.15) is 0 Å². The van der Waals surface area contributed by atoms with Crippen LogP contribution in [0, 0.1) is 5.82 Å². The molecule has 4 heteroatoms. The second-order valence-electron chi connectivity index (χ2n) is 5.54. The van der Waals surface area contributed by atoms with Crippen molar-refractivity contribution >= 4 is 0 Å². The Morgan fingerprint density at radius 3 is 3.21 bits per heavy atom. The molecule has 3 nitrogen and oxygen atoms in total. The number of hydrogen-bond donors (Lipinski definition) is 1. The van der Waals surface area contributed by atoms with E-state index in [0.29, 0.717) is 6.04 Å². The number of nitrogens with zero attached hydrogens (tertiary/aromatic N) is 1. The van der Waals surface area contributed by atoms with E-state index in [-0.39, 0.29) is 11.9 Å². The zero-order valence-corrected chi connectivity index (χ0v) is 11.4. The molecule has 1 aromatic carbocycles. The van der Waals surface area contributed by atoms with Crippen molar-refractivity contribution in [1.29, 1.82) is 0 Å². The number of fused-ring (bicyclic) bond motifs is 1. The highest BCUT2D eigenvalue weighted by Gasteiger charge is 2.30. The topological polar surface area (TPSA) is 24.5 Å². The highest BCUT2D eigenvalue weighted by Crippen LogP contribution is 2.30. The van der Waals surface area contributed by atoms with Crippen molar-refractivity contribution in [2.45, 2.75) is 31.4 Å². The van der Waals surface area contributed by atoms with Gasteiger partial charge in [0.15, 0.2) is 0 Å². The van der Waals surface area contributed by atoms with Gasteiger partial charge < -0.3 is 10.1 Å². The minimum absolute atomic E-state index is 0.169. The van der Waals surface area contributed by atoms with Crippen LogP contribution in [0.1, 0.15) is 18.4 Å². The van der Waals surface area contributed by atoms with E-state index in [0.717, 1.165) is 37.4 Å². The maximum atomic E-state index is 13.2. The Labute approximate surface area is 113 Å². The van der Waals surface area contributed by atoms with Gasteiger partial charge in [-0.25, -0.2) is 4.39 Å². The summed E-state index contributed by atoms with van der Waals surface area (Å²) in [5, 5.41) is 3.26. The molecule has 2 atom stereocenters. The third-order valence-electron chi connectivity index (χ3n) is 4.14. The average molecular weight is 264 g/mol. The molecule has 1 saturated heterocycles. The van der Waals surface area contributed by atoms with E-state index in [9.17, 15) is 4.39 Å². The number of hydrogen-bond acceptors (Lipinski definition) is 3. The van der Waals surface area contributed by atoms with Gasteiger partial charge in [0, 0.05) is 31.1 Å². The quantitative estimate of drug-likeness (QED) is 0.897. The smallest absolute Gasteiger partial charge is 0.123 e. The van der Waals surface area contributed by atoms with Crippen LogP contribution in [0.2, 0.25) is 0 Å². The van der Waals surface area contributed by atoms with Gasteiger partial charge in [-0.05, 0) is 44.6 Å². The van der Waals surface area contributed by atoms with Gasteiger partial charge in [0.2, 0.25) is 0 Å². The summed E-state index contributed by atoms with van der Waals surface area (Å²) in [5.74, 6) is 0.688. The Kier molecular flexibility index (Phi) is 3.71. The van der Waals surface area contributed by atoms with Crippen molar-refractivity contribution in [3.8, 4) is 5.75 Å². The summed E-state index contributed by atoms with van der Waals surface area (Å²) in [4.78, 5) is 2.50. The van der Waals surface area contributed by atoms with Gasteiger partial charge >= 0.3 is 0 Å². The summed E-state index contributed by atoms with van der Waals surface area (Å²) < 4.78 is 19.1. The Balaban J connectivity index is 1.61. The van der Waals surface area contributed by atoms with Gasteiger partial charge in [0.05, 0.1) is 0 Å². The molecule has 0 amide bonds. The first-order valence-corrected chi connectivity index (χ1v) is 7.10. The largest absolute Gasteiger partial charge is 0.488 e. The van der Waals surface area contributed by atoms with Gasteiger partial charge in [-0.15, -0.1) is 0 Å². The van der Waals surface area contributed by atoms with E-state index < -0.39 is 0 Å². The maximum Gasteiger partial charge on any atom is 0.123 e. The number of nitrogens with one attached hydrogen (secondary N) is 1. The first-order chi connectivity index (χ1) is 9.26. The fourth-order valence-electron chi connectivity index (χ4n) is 3.25. The Hall–Kier alpha value is -1.13. The molecule has 3 rings (SSSR count). The molecule has 1 aromatic rings. The van der Waals surface area contributed by atoms with Crippen LogP contribution in [0.3, 0.4) is 0 Å². The van der Waals surface area contributed by atoms with Crippen molar-refractivity contribution < 1.29 is 9.13 Å². The first-order valence-electron chi connectivity index (χ1n) is 7.10. The number of likely N-dealkylation sites (N-methyl/N-ethyl adjacent to an activating group) is 1. The van der Waals surface area contributed by atoms with Crippen LogP contribution in [0.5, 0.6) is 5.75 Å². The molecule has 2 aliphatic rings. The highest BCUT2D eigenvalue weighted by molar-refractivity contribution is 5.37. The first kappa shape index (κ1) is 12.9. The summed E-state index contributed by atoms with van der Waals surface area (Å²) in [6, 6.07) is 5.44. The molecule has 2 heterocycles. The van der Waals surface area contributed by atoms with Crippen LogP contribution in [0.25, 0.3) is 0 Å². The van der Waals surface area contributed by atoms with Crippen molar-refractivity contribution in [3.63, 3.8) is 0 Å². The molecule has 2 aliphatic heterocycles. The summed E-state index contributed by atoms with van der Waals surface area (Å²) in [7, 11) is 2.00. The average Bonchev–Trinajstić information content (AvgIpc) is 2.97. The molecule has 2 unspecified atom stereocenters. The molecule has 0 spiro atoms. The molecular weight excluding hydrogens is 243 g/mol. The zero-order valence-electron chi connectivity index (χ0n) is 11.4. The summed E-state index contributed by atoms with van der Waals surface area (Å²) >= 11 is 0. The van der Waals surface area contributed by atoms with E-state index in [2.05, 4.69) is 10.2 Å². The number of likely N-dealkylation sites (tertiary alicyclic amines) is 1. The Bertz CT molecular complexity index is 452. The lowest BCUT2D eigenvalue weighted by Crippen LogP contribution is -2.42. The van der Waals surface area contributed by atoms with E-state index in [1.54, 1.807) is 12.1 Å². The second kappa shape index (κ2) is 5.47. The molecule has 0 radical (unpaired) electrons. The SMILES string of the molecule is CNCC1CCCN1CC1Cc2cc(F)ccc2O1. The molecule has 1 fully saturated rings. The molecule has 104 valence electrons. The fraction of sp³-hybridized carbons (Fsp3) is 0.600. The van der Waals surface area contributed by atoms with E-state index >= 15 is 0 Å². The minimum Gasteiger partial charge on any atom is -0.488 e. The lowest BCUT2D eigenvalue weighted by Gasteiger charge is -2.26. The molecule has 0 saturated carbocycles. The zero-order chi connectivity index (χ0) is 13.2. The third-order valence-corrected chi connectivity index (χ3v) is 4.14. The minimum atomic E-state index is -0.169. The van der Waals surface area contributed by atoms with Crippen LogP contribution in [-0.4, -0.2) is 43.7 Å². The molecule has 0 bridgehead atoms. The van der Waals surface area contributed by atoms with Gasteiger partial charge in [0.25, 0.3) is 0 Å². The molecular formula is C15H21FN2O.